The van der Waals surface area contributed by atoms with Crippen molar-refractivity contribution in [1.29, 1.82) is 0 Å². The Balaban J connectivity index is 1.68. The maximum absolute atomic E-state index is 13.0. The highest BCUT2D eigenvalue weighted by molar-refractivity contribution is 6.10. The minimum atomic E-state index is -0.611. The molecule has 2 heterocycles. The lowest BCUT2D eigenvalue weighted by molar-refractivity contribution is -0.153. The summed E-state index contributed by atoms with van der Waals surface area (Å²) in [7, 11) is 0. The molecule has 1 N–H and O–H groups in total. The van der Waals surface area contributed by atoms with Gasteiger partial charge in [0, 0.05) is 17.2 Å². The normalized spacial score (nSPS) is 14.0. The van der Waals surface area contributed by atoms with Crippen molar-refractivity contribution in [3.8, 4) is 11.3 Å². The monoisotopic (exact) mass is 393 g/mol. The van der Waals surface area contributed by atoms with Gasteiger partial charge in [0.25, 0.3) is 11.6 Å². The second kappa shape index (κ2) is 7.31. The van der Waals surface area contributed by atoms with Gasteiger partial charge in [-0.25, -0.2) is 4.98 Å². The first-order valence-electron chi connectivity index (χ1n) is 9.67. The number of nitrogens with one attached hydrogen (secondary N) is 1. The van der Waals surface area contributed by atoms with Crippen molar-refractivity contribution < 1.29 is 18.8 Å². The van der Waals surface area contributed by atoms with E-state index < -0.39 is 11.6 Å². The molecule has 0 bridgehead atoms. The lowest BCUT2D eigenvalue weighted by Gasteiger charge is -2.19. The van der Waals surface area contributed by atoms with Gasteiger partial charge in [-0.2, -0.15) is 0 Å². The first-order chi connectivity index (χ1) is 13.8. The van der Waals surface area contributed by atoms with Crippen molar-refractivity contribution in [2.75, 3.05) is 6.54 Å². The van der Waals surface area contributed by atoms with Gasteiger partial charge in [-0.05, 0) is 39.7 Å². The van der Waals surface area contributed by atoms with E-state index in [2.05, 4.69) is 15.5 Å². The molecule has 2 aromatic heterocycles. The summed E-state index contributed by atoms with van der Waals surface area (Å²) in [6.07, 6.45) is 2.08. The highest BCUT2D eigenvalue weighted by atomic mass is 16.6. The number of nitrogens with zero attached hydrogens (tertiary/aromatic N) is 2. The van der Waals surface area contributed by atoms with Crippen LogP contribution in [0.2, 0.25) is 0 Å². The lowest BCUT2D eigenvalue weighted by Crippen LogP contribution is -2.34. The molecule has 1 aromatic carbocycles. The van der Waals surface area contributed by atoms with Crippen LogP contribution in [-0.2, 0) is 9.53 Å². The SMILES string of the molecule is CC(C)(C)OC(=O)CNC(=O)c1cc(C2CC2)nc2onc(-c3ccccc3)c12. The number of carbonyl (C=O) groups excluding carboxylic acids is 2. The number of esters is 1. The molecule has 1 fully saturated rings. The molecule has 29 heavy (non-hydrogen) atoms. The summed E-state index contributed by atoms with van der Waals surface area (Å²) in [5, 5.41) is 7.37. The van der Waals surface area contributed by atoms with Crippen LogP contribution in [0.15, 0.2) is 40.9 Å². The third kappa shape index (κ3) is 4.29. The Bertz CT molecular complexity index is 1060. The predicted molar refractivity (Wildman–Crippen MR) is 107 cm³/mol. The smallest absolute Gasteiger partial charge is 0.325 e. The van der Waals surface area contributed by atoms with E-state index in [1.807, 2.05) is 30.3 Å². The van der Waals surface area contributed by atoms with Gasteiger partial charge in [-0.15, -0.1) is 0 Å². The van der Waals surface area contributed by atoms with E-state index in [1.54, 1.807) is 26.8 Å². The maximum Gasteiger partial charge on any atom is 0.325 e. The average molecular weight is 393 g/mol. The van der Waals surface area contributed by atoms with Crippen molar-refractivity contribution in [3.05, 3.63) is 47.7 Å². The quantitative estimate of drug-likeness (QED) is 0.662. The van der Waals surface area contributed by atoms with E-state index in [0.717, 1.165) is 24.1 Å². The molecule has 0 spiro atoms. The molecule has 1 amide bonds. The van der Waals surface area contributed by atoms with Crippen molar-refractivity contribution in [3.63, 3.8) is 0 Å². The fourth-order valence-corrected chi connectivity index (χ4v) is 3.16. The Morgan fingerprint density at radius 3 is 2.59 bits per heavy atom. The molecule has 0 saturated heterocycles. The van der Waals surface area contributed by atoms with Crippen LogP contribution in [0, 0.1) is 0 Å². The standard InChI is InChI=1S/C22H23N3O4/c1-22(2,3)28-17(26)12-23-20(27)15-11-16(13-9-10-13)24-21-18(15)19(25-29-21)14-7-5-4-6-8-14/h4-8,11,13H,9-10,12H2,1-3H3,(H,23,27). The van der Waals surface area contributed by atoms with Crippen LogP contribution in [0.3, 0.4) is 0 Å². The first kappa shape index (κ1) is 19.1. The summed E-state index contributed by atoms with van der Waals surface area (Å²) in [5.41, 5.74) is 2.32. The number of fused-ring (bicyclic) bond motifs is 1. The average Bonchev–Trinajstić information content (AvgIpc) is 3.44. The van der Waals surface area contributed by atoms with E-state index in [4.69, 9.17) is 9.26 Å². The Hall–Kier alpha value is -3.22. The number of benzene rings is 1. The van der Waals surface area contributed by atoms with Gasteiger partial charge in [-0.3, -0.25) is 9.59 Å². The molecule has 1 saturated carbocycles. The Labute approximate surface area is 168 Å². The van der Waals surface area contributed by atoms with E-state index in [1.165, 1.54) is 0 Å². The molecule has 150 valence electrons. The molecule has 0 radical (unpaired) electrons. The van der Waals surface area contributed by atoms with Crippen LogP contribution >= 0.6 is 0 Å². The van der Waals surface area contributed by atoms with Crippen LogP contribution in [0.25, 0.3) is 22.4 Å². The van der Waals surface area contributed by atoms with Crippen molar-refractivity contribution in [2.45, 2.75) is 45.1 Å². The molecule has 0 atom stereocenters. The van der Waals surface area contributed by atoms with E-state index >= 15 is 0 Å². The van der Waals surface area contributed by atoms with Gasteiger partial charge >= 0.3 is 5.97 Å². The zero-order valence-corrected chi connectivity index (χ0v) is 16.7. The van der Waals surface area contributed by atoms with Gasteiger partial charge in [0.1, 0.15) is 17.8 Å². The van der Waals surface area contributed by atoms with Gasteiger partial charge in [0.05, 0.1) is 10.9 Å². The summed E-state index contributed by atoms with van der Waals surface area (Å²) in [5.74, 6) is -0.542. The minimum absolute atomic E-state index is 0.218. The Morgan fingerprint density at radius 1 is 1.21 bits per heavy atom. The molecule has 1 aliphatic rings. The van der Waals surface area contributed by atoms with Gasteiger partial charge in [-0.1, -0.05) is 35.5 Å². The molecular formula is C22H23N3O4. The molecular weight excluding hydrogens is 370 g/mol. The number of ether oxygens (including phenoxy) is 1. The fourth-order valence-electron chi connectivity index (χ4n) is 3.16. The molecule has 3 aromatic rings. The fraction of sp³-hybridized carbons (Fsp3) is 0.364. The number of hydrogen-bond acceptors (Lipinski definition) is 6. The number of pyridine rings is 1. The number of rotatable bonds is 5. The van der Waals surface area contributed by atoms with E-state index in [-0.39, 0.29) is 12.5 Å². The first-order valence-corrected chi connectivity index (χ1v) is 9.67. The van der Waals surface area contributed by atoms with Crippen LogP contribution in [0.5, 0.6) is 0 Å². The number of hydrogen-bond donors (Lipinski definition) is 1. The van der Waals surface area contributed by atoms with Gasteiger partial charge in [0.2, 0.25) is 0 Å². The van der Waals surface area contributed by atoms with E-state index in [0.29, 0.717) is 28.3 Å². The van der Waals surface area contributed by atoms with Crippen LogP contribution < -0.4 is 5.32 Å². The summed E-state index contributed by atoms with van der Waals surface area (Å²) in [6.45, 7) is 5.13. The Kier molecular flexibility index (Phi) is 4.82. The third-order valence-corrected chi connectivity index (χ3v) is 4.57. The molecule has 0 aliphatic heterocycles. The minimum Gasteiger partial charge on any atom is -0.459 e. The largest absolute Gasteiger partial charge is 0.459 e. The van der Waals surface area contributed by atoms with E-state index in [9.17, 15) is 9.59 Å². The highest BCUT2D eigenvalue weighted by Crippen LogP contribution is 2.41. The third-order valence-electron chi connectivity index (χ3n) is 4.57. The van der Waals surface area contributed by atoms with Crippen LogP contribution in [-0.4, -0.2) is 34.2 Å². The topological polar surface area (TPSA) is 94.3 Å². The lowest BCUT2D eigenvalue weighted by atomic mass is 10.0. The Morgan fingerprint density at radius 2 is 1.93 bits per heavy atom. The number of amides is 1. The zero-order valence-electron chi connectivity index (χ0n) is 16.7. The van der Waals surface area contributed by atoms with Crippen molar-refractivity contribution in [2.24, 2.45) is 0 Å². The highest BCUT2D eigenvalue weighted by Gasteiger charge is 2.29. The maximum atomic E-state index is 13.0. The number of aromatic nitrogens is 2. The summed E-state index contributed by atoms with van der Waals surface area (Å²) < 4.78 is 10.7. The summed E-state index contributed by atoms with van der Waals surface area (Å²) in [4.78, 5) is 29.6. The molecule has 0 unspecified atom stereocenters. The van der Waals surface area contributed by atoms with Crippen LogP contribution in [0.4, 0.5) is 0 Å². The van der Waals surface area contributed by atoms with Gasteiger partial charge < -0.3 is 14.6 Å². The molecule has 4 rings (SSSR count). The second-order valence-corrected chi connectivity index (χ2v) is 8.22. The summed E-state index contributed by atoms with van der Waals surface area (Å²) in [6, 6.07) is 11.3. The van der Waals surface area contributed by atoms with Crippen molar-refractivity contribution >= 4 is 23.0 Å². The molecule has 7 heteroatoms. The molecule has 1 aliphatic carbocycles. The molecule has 7 nitrogen and oxygen atoms in total. The number of carbonyl (C=O) groups is 2. The second-order valence-electron chi connectivity index (χ2n) is 8.22. The van der Waals surface area contributed by atoms with Crippen molar-refractivity contribution in [1.82, 2.24) is 15.5 Å². The zero-order chi connectivity index (χ0) is 20.6. The predicted octanol–water partition coefficient (Wildman–Crippen LogP) is 3.84. The van der Waals surface area contributed by atoms with Gasteiger partial charge in [0.15, 0.2) is 0 Å². The van der Waals surface area contributed by atoms with Crippen LogP contribution in [0.1, 0.15) is 55.6 Å². The summed E-state index contributed by atoms with van der Waals surface area (Å²) >= 11 is 0.